The second kappa shape index (κ2) is 9.02. The molecule has 28 heavy (non-hydrogen) atoms. The van der Waals surface area contributed by atoms with Crippen LogP contribution in [0.4, 0.5) is 0 Å². The average molecular weight is 380 g/mol. The number of morpholine rings is 1. The molecule has 1 atom stereocenters. The third kappa shape index (κ3) is 4.98. The number of rotatable bonds is 6. The highest BCUT2D eigenvalue weighted by atomic mass is 16.5. The van der Waals surface area contributed by atoms with Crippen molar-refractivity contribution in [1.82, 2.24) is 10.2 Å². The van der Waals surface area contributed by atoms with Crippen molar-refractivity contribution < 1.29 is 14.3 Å². The van der Waals surface area contributed by atoms with E-state index in [-0.39, 0.29) is 17.2 Å². The van der Waals surface area contributed by atoms with E-state index in [1.807, 2.05) is 74.5 Å². The standard InChI is InChI=1S/C23H28N2O3/c1-23(2,19-11-7-4-8-12-19)17-20(26)24-21(18-9-5-3-6-10-18)22(27)25-13-15-28-16-14-25/h3-12,21H,13-17H2,1-2H3,(H,24,26)/t21-/m0/s1. The fourth-order valence-corrected chi connectivity index (χ4v) is 3.50. The van der Waals surface area contributed by atoms with E-state index in [0.717, 1.165) is 11.1 Å². The molecule has 2 aromatic carbocycles. The molecule has 3 rings (SSSR count). The fraction of sp³-hybridized carbons (Fsp3) is 0.391. The van der Waals surface area contributed by atoms with E-state index in [1.165, 1.54) is 0 Å². The van der Waals surface area contributed by atoms with E-state index in [9.17, 15) is 9.59 Å². The number of carbonyl (C=O) groups is 2. The summed E-state index contributed by atoms with van der Waals surface area (Å²) in [4.78, 5) is 27.8. The lowest BCUT2D eigenvalue weighted by Crippen LogP contribution is -2.48. The zero-order valence-electron chi connectivity index (χ0n) is 16.6. The topological polar surface area (TPSA) is 58.6 Å². The van der Waals surface area contributed by atoms with Gasteiger partial charge in [0, 0.05) is 19.5 Å². The first-order valence-corrected chi connectivity index (χ1v) is 9.74. The van der Waals surface area contributed by atoms with Crippen molar-refractivity contribution in [3.63, 3.8) is 0 Å². The van der Waals surface area contributed by atoms with Gasteiger partial charge in [-0.2, -0.15) is 0 Å². The van der Waals surface area contributed by atoms with Gasteiger partial charge in [-0.1, -0.05) is 74.5 Å². The Bertz CT molecular complexity index is 784. The molecule has 1 fully saturated rings. The van der Waals surface area contributed by atoms with Crippen LogP contribution in [0.25, 0.3) is 0 Å². The number of nitrogens with one attached hydrogen (secondary N) is 1. The lowest BCUT2D eigenvalue weighted by molar-refractivity contribution is -0.140. The highest BCUT2D eigenvalue weighted by Gasteiger charge is 2.31. The molecule has 1 saturated heterocycles. The SMILES string of the molecule is CC(C)(CC(=O)N[C@H](C(=O)N1CCOCC1)c1ccccc1)c1ccccc1. The molecule has 1 aliphatic rings. The first-order chi connectivity index (χ1) is 13.5. The van der Waals surface area contributed by atoms with Gasteiger partial charge in [-0.25, -0.2) is 0 Å². The first kappa shape index (κ1) is 20.1. The summed E-state index contributed by atoms with van der Waals surface area (Å²) in [6.45, 7) is 6.25. The van der Waals surface area contributed by atoms with Crippen molar-refractivity contribution >= 4 is 11.8 Å². The van der Waals surface area contributed by atoms with Crippen LogP contribution in [0.1, 0.15) is 37.4 Å². The number of carbonyl (C=O) groups excluding carboxylic acids is 2. The highest BCUT2D eigenvalue weighted by Crippen LogP contribution is 2.27. The summed E-state index contributed by atoms with van der Waals surface area (Å²) in [6, 6.07) is 18.7. The number of hydrogen-bond donors (Lipinski definition) is 1. The Kier molecular flexibility index (Phi) is 6.47. The van der Waals surface area contributed by atoms with E-state index in [4.69, 9.17) is 4.74 Å². The number of benzene rings is 2. The zero-order chi connectivity index (χ0) is 20.0. The predicted molar refractivity (Wildman–Crippen MR) is 109 cm³/mol. The molecular weight excluding hydrogens is 352 g/mol. The van der Waals surface area contributed by atoms with Crippen LogP contribution in [0.5, 0.6) is 0 Å². The van der Waals surface area contributed by atoms with E-state index in [0.29, 0.717) is 32.7 Å². The van der Waals surface area contributed by atoms with Gasteiger partial charge in [-0.15, -0.1) is 0 Å². The third-order valence-corrected chi connectivity index (χ3v) is 5.17. The monoisotopic (exact) mass is 380 g/mol. The van der Waals surface area contributed by atoms with Crippen LogP contribution in [0, 0.1) is 0 Å². The Balaban J connectivity index is 1.75. The molecule has 5 nitrogen and oxygen atoms in total. The molecule has 0 aliphatic carbocycles. The smallest absolute Gasteiger partial charge is 0.249 e. The maximum absolute atomic E-state index is 13.1. The van der Waals surface area contributed by atoms with Gasteiger partial charge in [0.1, 0.15) is 6.04 Å². The van der Waals surface area contributed by atoms with E-state index in [1.54, 1.807) is 4.90 Å². The highest BCUT2D eigenvalue weighted by molar-refractivity contribution is 5.89. The minimum absolute atomic E-state index is 0.0830. The lowest BCUT2D eigenvalue weighted by atomic mass is 9.81. The van der Waals surface area contributed by atoms with Crippen LogP contribution in [-0.2, 0) is 19.7 Å². The van der Waals surface area contributed by atoms with Gasteiger partial charge in [0.2, 0.25) is 11.8 Å². The van der Waals surface area contributed by atoms with Crippen LogP contribution < -0.4 is 5.32 Å². The molecule has 1 heterocycles. The van der Waals surface area contributed by atoms with Crippen molar-refractivity contribution in [3.8, 4) is 0 Å². The van der Waals surface area contributed by atoms with E-state index < -0.39 is 6.04 Å². The molecule has 1 aliphatic heterocycles. The second-order valence-corrected chi connectivity index (χ2v) is 7.78. The summed E-state index contributed by atoms with van der Waals surface area (Å²) in [5.41, 5.74) is 1.57. The Morgan fingerprint density at radius 3 is 2.18 bits per heavy atom. The Morgan fingerprint density at radius 1 is 1.00 bits per heavy atom. The lowest BCUT2D eigenvalue weighted by Gasteiger charge is -2.32. The van der Waals surface area contributed by atoms with Gasteiger partial charge in [0.25, 0.3) is 0 Å². The molecule has 2 aromatic rings. The third-order valence-electron chi connectivity index (χ3n) is 5.17. The van der Waals surface area contributed by atoms with Crippen molar-refractivity contribution in [1.29, 1.82) is 0 Å². The van der Waals surface area contributed by atoms with E-state index >= 15 is 0 Å². The molecule has 148 valence electrons. The number of nitrogens with zero attached hydrogens (tertiary/aromatic N) is 1. The van der Waals surface area contributed by atoms with Gasteiger partial charge in [-0.3, -0.25) is 9.59 Å². The summed E-state index contributed by atoms with van der Waals surface area (Å²) in [5.74, 6) is -0.218. The minimum Gasteiger partial charge on any atom is -0.378 e. The molecule has 1 N–H and O–H groups in total. The summed E-state index contributed by atoms with van der Waals surface area (Å²) in [5, 5.41) is 2.99. The zero-order valence-corrected chi connectivity index (χ0v) is 16.6. The normalized spacial score (nSPS) is 15.7. The summed E-state index contributed by atoms with van der Waals surface area (Å²) >= 11 is 0. The molecular formula is C23H28N2O3. The average Bonchev–Trinajstić information content (AvgIpc) is 2.73. The van der Waals surface area contributed by atoms with Crippen molar-refractivity contribution in [2.24, 2.45) is 0 Å². The molecule has 0 bridgehead atoms. The van der Waals surface area contributed by atoms with Crippen molar-refractivity contribution in [3.05, 3.63) is 71.8 Å². The first-order valence-electron chi connectivity index (χ1n) is 9.74. The Labute approximate surface area is 166 Å². The number of amides is 2. The maximum atomic E-state index is 13.1. The Hall–Kier alpha value is -2.66. The largest absolute Gasteiger partial charge is 0.378 e. The van der Waals surface area contributed by atoms with Gasteiger partial charge >= 0.3 is 0 Å². The van der Waals surface area contributed by atoms with Crippen LogP contribution in [0.2, 0.25) is 0 Å². The van der Waals surface area contributed by atoms with Crippen molar-refractivity contribution in [2.45, 2.75) is 31.7 Å². The summed E-state index contributed by atoms with van der Waals surface area (Å²) in [6.07, 6.45) is 0.302. The molecule has 0 unspecified atom stereocenters. The predicted octanol–water partition coefficient (Wildman–Crippen LogP) is 3.07. The van der Waals surface area contributed by atoms with Crippen molar-refractivity contribution in [2.75, 3.05) is 26.3 Å². The maximum Gasteiger partial charge on any atom is 0.249 e. The van der Waals surface area contributed by atoms with Gasteiger partial charge in [0.05, 0.1) is 13.2 Å². The molecule has 5 heteroatoms. The molecule has 0 spiro atoms. The second-order valence-electron chi connectivity index (χ2n) is 7.78. The van der Waals surface area contributed by atoms with Gasteiger partial charge < -0.3 is 15.0 Å². The molecule has 0 radical (unpaired) electrons. The van der Waals surface area contributed by atoms with Crippen LogP contribution in [-0.4, -0.2) is 43.0 Å². The van der Waals surface area contributed by atoms with Crippen LogP contribution in [0.15, 0.2) is 60.7 Å². The number of hydrogen-bond acceptors (Lipinski definition) is 3. The number of ether oxygens (including phenoxy) is 1. The summed E-state index contributed by atoms with van der Waals surface area (Å²) in [7, 11) is 0. The molecule has 2 amide bonds. The van der Waals surface area contributed by atoms with Crippen LogP contribution in [0.3, 0.4) is 0 Å². The fourth-order valence-electron chi connectivity index (χ4n) is 3.50. The molecule has 0 saturated carbocycles. The van der Waals surface area contributed by atoms with Gasteiger partial charge in [-0.05, 0) is 16.5 Å². The Morgan fingerprint density at radius 2 is 1.57 bits per heavy atom. The minimum atomic E-state index is -0.682. The quantitative estimate of drug-likeness (QED) is 0.838. The summed E-state index contributed by atoms with van der Waals surface area (Å²) < 4.78 is 5.35. The van der Waals surface area contributed by atoms with Crippen LogP contribution >= 0.6 is 0 Å². The van der Waals surface area contributed by atoms with Gasteiger partial charge in [0.15, 0.2) is 0 Å². The van der Waals surface area contributed by atoms with E-state index in [2.05, 4.69) is 5.32 Å². The molecule has 0 aromatic heterocycles.